The Bertz CT molecular complexity index is 400. The minimum absolute atomic E-state index is 0.274. The first-order valence-electron chi connectivity index (χ1n) is 7.46. The van der Waals surface area contributed by atoms with Gasteiger partial charge in [-0.1, -0.05) is 51.8 Å². The van der Waals surface area contributed by atoms with Gasteiger partial charge in [0.25, 0.3) is 0 Å². The maximum atomic E-state index is 6.15. The maximum absolute atomic E-state index is 6.15. The maximum Gasteiger partial charge on any atom is 0.00783 e. The molecule has 1 fully saturated rings. The molecule has 2 N–H and O–H groups in total. The molecule has 0 bridgehead atoms. The average Bonchev–Trinajstić information content (AvgIpc) is 2.87. The van der Waals surface area contributed by atoms with Crippen LogP contribution in [0.3, 0.4) is 0 Å². The Morgan fingerprint density at radius 3 is 2.39 bits per heavy atom. The molecule has 0 saturated heterocycles. The zero-order chi connectivity index (χ0) is 13.2. The third-order valence-corrected chi connectivity index (χ3v) is 4.70. The highest BCUT2D eigenvalue weighted by atomic mass is 14.6. The van der Waals surface area contributed by atoms with Crippen LogP contribution in [0.1, 0.15) is 69.1 Å². The van der Waals surface area contributed by atoms with Crippen molar-refractivity contribution in [1.82, 2.24) is 0 Å². The zero-order valence-corrected chi connectivity index (χ0v) is 12.1. The molecule has 0 unspecified atom stereocenters. The molecule has 1 aliphatic rings. The summed E-state index contributed by atoms with van der Waals surface area (Å²) < 4.78 is 0. The molecular weight excluding hydrogens is 218 g/mol. The molecule has 18 heavy (non-hydrogen) atoms. The van der Waals surface area contributed by atoms with Crippen molar-refractivity contribution in [3.05, 3.63) is 34.9 Å². The monoisotopic (exact) mass is 245 g/mol. The first-order valence-corrected chi connectivity index (χ1v) is 7.46. The largest absolute Gasteiger partial charge is 0.330 e. The fraction of sp³-hybridized carbons (Fsp3) is 0.647. The minimum Gasteiger partial charge on any atom is -0.330 e. The molecule has 100 valence electrons. The molecule has 0 aliphatic heterocycles. The summed E-state index contributed by atoms with van der Waals surface area (Å²) in [6.45, 7) is 7.61. The Morgan fingerprint density at radius 2 is 1.89 bits per heavy atom. The van der Waals surface area contributed by atoms with Crippen LogP contribution in [-0.4, -0.2) is 6.54 Å². The average molecular weight is 245 g/mol. The van der Waals surface area contributed by atoms with Gasteiger partial charge in [-0.15, -0.1) is 0 Å². The predicted octanol–water partition coefficient (Wildman–Crippen LogP) is 4.14. The van der Waals surface area contributed by atoms with Gasteiger partial charge in [-0.05, 0) is 41.9 Å². The normalized spacial score (nSPS) is 18.5. The first-order chi connectivity index (χ1) is 8.63. The Morgan fingerprint density at radius 1 is 1.22 bits per heavy atom. The lowest BCUT2D eigenvalue weighted by molar-refractivity contribution is 0.448. The number of aryl methyl sites for hydroxylation is 1. The van der Waals surface area contributed by atoms with Crippen LogP contribution in [0, 0.1) is 0 Å². The molecule has 0 radical (unpaired) electrons. The summed E-state index contributed by atoms with van der Waals surface area (Å²) in [6, 6.07) is 7.08. The van der Waals surface area contributed by atoms with E-state index in [1.807, 2.05) is 0 Å². The molecular formula is C17H27N. The number of hydrogen-bond donors (Lipinski definition) is 1. The van der Waals surface area contributed by atoms with Crippen LogP contribution in [0.15, 0.2) is 18.2 Å². The van der Waals surface area contributed by atoms with Crippen molar-refractivity contribution in [2.45, 2.75) is 64.2 Å². The summed E-state index contributed by atoms with van der Waals surface area (Å²) >= 11 is 0. The van der Waals surface area contributed by atoms with Gasteiger partial charge in [0.1, 0.15) is 0 Å². The fourth-order valence-electron chi connectivity index (χ4n) is 3.39. The Labute approximate surface area is 112 Å². The van der Waals surface area contributed by atoms with Crippen LogP contribution < -0.4 is 5.73 Å². The van der Waals surface area contributed by atoms with Gasteiger partial charge in [0, 0.05) is 12.0 Å². The van der Waals surface area contributed by atoms with Crippen molar-refractivity contribution in [1.29, 1.82) is 0 Å². The van der Waals surface area contributed by atoms with Crippen LogP contribution >= 0.6 is 0 Å². The quantitative estimate of drug-likeness (QED) is 0.847. The lowest BCUT2D eigenvalue weighted by atomic mass is 9.75. The van der Waals surface area contributed by atoms with Gasteiger partial charge in [-0.3, -0.25) is 0 Å². The molecule has 0 spiro atoms. The van der Waals surface area contributed by atoms with E-state index in [1.165, 1.54) is 36.8 Å². The van der Waals surface area contributed by atoms with Crippen molar-refractivity contribution in [2.75, 3.05) is 6.54 Å². The van der Waals surface area contributed by atoms with Crippen molar-refractivity contribution in [3.8, 4) is 0 Å². The topological polar surface area (TPSA) is 26.0 Å². The summed E-state index contributed by atoms with van der Waals surface area (Å²) in [7, 11) is 0. The van der Waals surface area contributed by atoms with Gasteiger partial charge in [0.05, 0.1) is 0 Å². The van der Waals surface area contributed by atoms with Crippen LogP contribution in [0.4, 0.5) is 0 Å². The third kappa shape index (κ3) is 2.33. The number of rotatable bonds is 4. The van der Waals surface area contributed by atoms with Crippen LogP contribution in [0.25, 0.3) is 0 Å². The lowest BCUT2D eigenvalue weighted by Gasteiger charge is -2.31. The summed E-state index contributed by atoms with van der Waals surface area (Å²) in [5.41, 5.74) is 10.9. The van der Waals surface area contributed by atoms with E-state index in [1.54, 1.807) is 5.56 Å². The molecule has 1 nitrogen and oxygen atoms in total. The van der Waals surface area contributed by atoms with Crippen molar-refractivity contribution in [2.24, 2.45) is 5.73 Å². The first kappa shape index (κ1) is 13.6. The second-order valence-corrected chi connectivity index (χ2v) is 6.12. The van der Waals surface area contributed by atoms with E-state index < -0.39 is 0 Å². The van der Waals surface area contributed by atoms with Gasteiger partial charge in [0.2, 0.25) is 0 Å². The summed E-state index contributed by atoms with van der Waals surface area (Å²) in [5.74, 6) is 0.603. The van der Waals surface area contributed by atoms with Gasteiger partial charge < -0.3 is 5.73 Å². The van der Waals surface area contributed by atoms with Crippen LogP contribution in [0.2, 0.25) is 0 Å². The van der Waals surface area contributed by atoms with Gasteiger partial charge in [0.15, 0.2) is 0 Å². The fourth-order valence-corrected chi connectivity index (χ4v) is 3.39. The van der Waals surface area contributed by atoms with Crippen LogP contribution in [0.5, 0.6) is 0 Å². The van der Waals surface area contributed by atoms with E-state index in [0.717, 1.165) is 13.0 Å². The highest BCUT2D eigenvalue weighted by molar-refractivity contribution is 5.40. The minimum atomic E-state index is 0.274. The standard InChI is InChI=1S/C17H27N/c1-4-14-7-8-15(13(2)3)11-16(14)17(12-18)9-5-6-10-17/h7-8,11,13H,4-6,9-10,12,18H2,1-3H3. The predicted molar refractivity (Wildman–Crippen MR) is 79.1 cm³/mol. The van der Waals surface area contributed by atoms with E-state index in [-0.39, 0.29) is 5.41 Å². The Hall–Kier alpha value is -0.820. The number of benzene rings is 1. The second-order valence-electron chi connectivity index (χ2n) is 6.12. The zero-order valence-electron chi connectivity index (χ0n) is 12.1. The highest BCUT2D eigenvalue weighted by Crippen LogP contribution is 2.42. The van der Waals surface area contributed by atoms with E-state index in [9.17, 15) is 0 Å². The van der Waals surface area contributed by atoms with E-state index in [0.29, 0.717) is 5.92 Å². The second kappa shape index (κ2) is 5.44. The third-order valence-electron chi connectivity index (χ3n) is 4.70. The molecule has 1 saturated carbocycles. The molecule has 0 aromatic heterocycles. The van der Waals surface area contributed by atoms with Crippen LogP contribution in [-0.2, 0) is 11.8 Å². The van der Waals surface area contributed by atoms with Gasteiger partial charge >= 0.3 is 0 Å². The smallest absolute Gasteiger partial charge is 0.00783 e. The Kier molecular flexibility index (Phi) is 4.11. The molecule has 0 heterocycles. The van der Waals surface area contributed by atoms with E-state index >= 15 is 0 Å². The van der Waals surface area contributed by atoms with Gasteiger partial charge in [-0.2, -0.15) is 0 Å². The van der Waals surface area contributed by atoms with E-state index in [4.69, 9.17) is 5.73 Å². The SMILES string of the molecule is CCc1ccc(C(C)C)cc1C1(CN)CCCC1. The molecule has 0 atom stereocenters. The van der Waals surface area contributed by atoms with Crippen molar-refractivity contribution < 1.29 is 0 Å². The molecule has 1 aromatic rings. The molecule has 1 aliphatic carbocycles. The number of hydrogen-bond acceptors (Lipinski definition) is 1. The van der Waals surface area contributed by atoms with Gasteiger partial charge in [-0.25, -0.2) is 0 Å². The highest BCUT2D eigenvalue weighted by Gasteiger charge is 2.35. The summed E-state index contributed by atoms with van der Waals surface area (Å²) in [6.07, 6.45) is 6.35. The van der Waals surface area contributed by atoms with Crippen molar-refractivity contribution >= 4 is 0 Å². The molecule has 0 amide bonds. The lowest BCUT2D eigenvalue weighted by Crippen LogP contribution is -2.33. The number of nitrogens with two attached hydrogens (primary N) is 1. The van der Waals surface area contributed by atoms with Crippen molar-refractivity contribution in [3.63, 3.8) is 0 Å². The summed E-state index contributed by atoms with van der Waals surface area (Å²) in [4.78, 5) is 0. The molecule has 1 aromatic carbocycles. The summed E-state index contributed by atoms with van der Waals surface area (Å²) in [5, 5.41) is 0. The van der Waals surface area contributed by atoms with E-state index in [2.05, 4.69) is 39.0 Å². The molecule has 2 rings (SSSR count). The Balaban J connectivity index is 2.48. The molecule has 1 heteroatoms.